The fourth-order valence-corrected chi connectivity index (χ4v) is 12.2. The molecule has 3 unspecified atom stereocenters. The molecule has 0 amide bonds. The molecule has 10 aromatic rings. The van der Waals surface area contributed by atoms with Gasteiger partial charge in [-0.25, -0.2) is 0 Å². The van der Waals surface area contributed by atoms with Crippen LogP contribution >= 0.6 is 0 Å². The lowest BCUT2D eigenvalue weighted by Crippen LogP contribution is -2.35. The molecule has 73 heavy (non-hydrogen) atoms. The molecule has 0 saturated heterocycles. The van der Waals surface area contributed by atoms with Gasteiger partial charge < -0.3 is 14.4 Å². The summed E-state index contributed by atoms with van der Waals surface area (Å²) in [7, 11) is 0. The van der Waals surface area contributed by atoms with Crippen LogP contribution in [0.1, 0.15) is 42.5 Å². The lowest BCUT2D eigenvalue weighted by Gasteiger charge is -2.39. The van der Waals surface area contributed by atoms with Crippen LogP contribution in [0.15, 0.2) is 267 Å². The Morgan fingerprint density at radius 3 is 1.77 bits per heavy atom. The standard InChI is InChI=1S/C68H53N5/c1-3-4-8-23-47(2)71(50-24-9-5-10-25-50)53-37-39-65-59(45-53)66-67(73(65)55-43-48(63-34-19-21-40-69-63)42-49(44-55)64-35-20-22-41-70-64)58-31-16-18-33-61(58)68(66)60-32-17-15-30-56(60)57-38-36-54(46-62(57)68)72(51-26-11-6-12-27-51)52-28-13-7-14-29-52/h3-45,47,54H,46H2,1-2H3/b4-3-,23-8-. The highest BCUT2D eigenvalue weighted by molar-refractivity contribution is 6.07. The Balaban J connectivity index is 1.12. The monoisotopic (exact) mass is 939 g/mol. The minimum absolute atomic E-state index is 0.0317. The zero-order valence-corrected chi connectivity index (χ0v) is 40.9. The van der Waals surface area contributed by atoms with E-state index in [1.165, 1.54) is 61.4 Å². The molecule has 0 aliphatic heterocycles. The molecule has 1 spiro atoms. The normalized spacial score (nSPS) is 16.8. The highest BCUT2D eigenvalue weighted by atomic mass is 15.2. The summed E-state index contributed by atoms with van der Waals surface area (Å²) in [5.74, 6) is 0. The molecule has 5 nitrogen and oxygen atoms in total. The van der Waals surface area contributed by atoms with Crippen molar-refractivity contribution < 1.29 is 0 Å². The average Bonchev–Trinajstić information content (AvgIpc) is 4.06. The van der Waals surface area contributed by atoms with Gasteiger partial charge in [0.2, 0.25) is 0 Å². The van der Waals surface area contributed by atoms with Crippen molar-refractivity contribution in [3.05, 3.63) is 289 Å². The first-order chi connectivity index (χ1) is 36.1. The molecule has 3 heterocycles. The minimum Gasteiger partial charge on any atom is -0.335 e. The Morgan fingerprint density at radius 2 is 1.15 bits per heavy atom. The molecule has 3 aliphatic rings. The largest absolute Gasteiger partial charge is 0.335 e. The molecular weight excluding hydrogens is 887 g/mol. The van der Waals surface area contributed by atoms with Gasteiger partial charge in [-0.3, -0.25) is 9.97 Å². The van der Waals surface area contributed by atoms with Crippen LogP contribution in [0.2, 0.25) is 0 Å². The van der Waals surface area contributed by atoms with Gasteiger partial charge in [-0.1, -0.05) is 152 Å². The fourth-order valence-electron chi connectivity index (χ4n) is 12.2. The molecule has 3 aromatic heterocycles. The number of benzene rings is 7. The van der Waals surface area contributed by atoms with Crippen LogP contribution in [0.3, 0.4) is 0 Å². The van der Waals surface area contributed by atoms with E-state index in [1.54, 1.807) is 0 Å². The highest BCUT2D eigenvalue weighted by Gasteiger charge is 2.56. The summed E-state index contributed by atoms with van der Waals surface area (Å²) in [6.07, 6.45) is 18.1. The van der Waals surface area contributed by atoms with E-state index in [0.29, 0.717) is 0 Å². The van der Waals surface area contributed by atoms with Gasteiger partial charge in [0.05, 0.1) is 34.1 Å². The predicted octanol–water partition coefficient (Wildman–Crippen LogP) is 16.7. The van der Waals surface area contributed by atoms with E-state index >= 15 is 0 Å². The summed E-state index contributed by atoms with van der Waals surface area (Å²) in [6.45, 7) is 4.35. The molecule has 7 aromatic carbocycles. The summed E-state index contributed by atoms with van der Waals surface area (Å²) in [5.41, 5.74) is 20.5. The molecule has 5 heteroatoms. The van der Waals surface area contributed by atoms with Crippen LogP contribution in [0.5, 0.6) is 0 Å². The number of para-hydroxylation sites is 3. The predicted molar refractivity (Wildman–Crippen MR) is 303 cm³/mol. The Bertz CT molecular complexity index is 3700. The van der Waals surface area contributed by atoms with Crippen LogP contribution < -0.4 is 9.80 Å². The molecule has 3 aliphatic carbocycles. The first-order valence-corrected chi connectivity index (χ1v) is 25.4. The number of nitrogens with zero attached hydrogens (tertiary/aromatic N) is 5. The summed E-state index contributed by atoms with van der Waals surface area (Å²) in [4.78, 5) is 14.8. The van der Waals surface area contributed by atoms with Crippen LogP contribution in [0, 0.1) is 0 Å². The number of allylic oxidation sites excluding steroid dienone is 5. The summed E-state index contributed by atoms with van der Waals surface area (Å²) < 4.78 is 2.56. The van der Waals surface area contributed by atoms with Gasteiger partial charge in [-0.05, 0) is 145 Å². The molecule has 3 atom stereocenters. The van der Waals surface area contributed by atoms with Crippen molar-refractivity contribution >= 4 is 39.2 Å². The topological polar surface area (TPSA) is 37.2 Å². The maximum absolute atomic E-state index is 4.91. The van der Waals surface area contributed by atoms with Gasteiger partial charge in [0.25, 0.3) is 0 Å². The van der Waals surface area contributed by atoms with Crippen molar-refractivity contribution in [2.45, 2.75) is 37.8 Å². The van der Waals surface area contributed by atoms with Gasteiger partial charge >= 0.3 is 0 Å². The second kappa shape index (κ2) is 18.3. The minimum atomic E-state index is -0.626. The number of hydrogen-bond donors (Lipinski definition) is 0. The first kappa shape index (κ1) is 43.9. The molecular formula is C68H53N5. The van der Waals surface area contributed by atoms with Crippen LogP contribution in [0.4, 0.5) is 22.7 Å². The SMILES string of the molecule is C/C=C\C=C/C(C)N(c1ccccc1)c1ccc2c(c1)c1c(n2-c2cc(-c3ccccn3)cc(-c3ccccn3)c2)-c2ccccc2C12C1=C(C=CC(N(c3ccccc3)c3ccccc3)C1)c1ccccc12. The quantitative estimate of drug-likeness (QED) is 0.121. The third kappa shape index (κ3) is 7.22. The zero-order chi connectivity index (χ0) is 48.9. The molecule has 350 valence electrons. The van der Waals surface area contributed by atoms with Gasteiger partial charge in [-0.15, -0.1) is 0 Å². The second-order valence-electron chi connectivity index (χ2n) is 19.2. The third-order valence-corrected chi connectivity index (χ3v) is 15.1. The highest BCUT2D eigenvalue weighted by Crippen LogP contribution is 2.66. The Morgan fingerprint density at radius 1 is 0.575 bits per heavy atom. The van der Waals surface area contributed by atoms with Crippen molar-refractivity contribution in [1.29, 1.82) is 0 Å². The van der Waals surface area contributed by atoms with Gasteiger partial charge in [0, 0.05) is 74.5 Å². The summed E-state index contributed by atoms with van der Waals surface area (Å²) >= 11 is 0. The first-order valence-electron chi connectivity index (χ1n) is 25.4. The molecule has 0 N–H and O–H groups in total. The number of aromatic nitrogens is 3. The number of rotatable bonds is 11. The molecule has 0 saturated carbocycles. The van der Waals surface area contributed by atoms with E-state index in [1.807, 2.05) is 24.5 Å². The summed E-state index contributed by atoms with van der Waals surface area (Å²) in [6, 6.07) is 77.6. The van der Waals surface area contributed by atoms with E-state index in [4.69, 9.17) is 9.97 Å². The van der Waals surface area contributed by atoms with Gasteiger partial charge in [-0.2, -0.15) is 0 Å². The van der Waals surface area contributed by atoms with Crippen LogP contribution in [-0.4, -0.2) is 26.6 Å². The lowest BCUT2D eigenvalue weighted by atomic mass is 9.67. The molecule has 13 rings (SSSR count). The average molecular weight is 940 g/mol. The number of pyridine rings is 2. The number of hydrogen-bond acceptors (Lipinski definition) is 4. The second-order valence-corrected chi connectivity index (χ2v) is 19.2. The van der Waals surface area contributed by atoms with Crippen molar-refractivity contribution in [2.24, 2.45) is 0 Å². The van der Waals surface area contributed by atoms with E-state index in [2.05, 4.69) is 265 Å². The van der Waals surface area contributed by atoms with Crippen molar-refractivity contribution in [2.75, 3.05) is 9.80 Å². The molecule has 0 bridgehead atoms. The van der Waals surface area contributed by atoms with E-state index in [-0.39, 0.29) is 12.1 Å². The van der Waals surface area contributed by atoms with Crippen molar-refractivity contribution in [3.8, 4) is 39.5 Å². The van der Waals surface area contributed by atoms with Crippen LogP contribution in [0.25, 0.3) is 55.9 Å². The number of anilines is 4. The lowest BCUT2D eigenvalue weighted by molar-refractivity contribution is 0.666. The van der Waals surface area contributed by atoms with Crippen molar-refractivity contribution in [3.63, 3.8) is 0 Å². The third-order valence-electron chi connectivity index (χ3n) is 15.1. The van der Waals surface area contributed by atoms with Crippen LogP contribution in [-0.2, 0) is 5.41 Å². The number of fused-ring (bicyclic) bond motifs is 11. The Hall–Kier alpha value is -9.06. The van der Waals surface area contributed by atoms with E-state index < -0.39 is 5.41 Å². The smallest absolute Gasteiger partial charge is 0.0711 e. The molecule has 0 radical (unpaired) electrons. The van der Waals surface area contributed by atoms with Gasteiger partial charge in [0.15, 0.2) is 0 Å². The molecule has 0 fully saturated rings. The fraction of sp³-hybridized carbons (Fsp3) is 0.0882. The van der Waals surface area contributed by atoms with Gasteiger partial charge in [0.1, 0.15) is 0 Å². The maximum Gasteiger partial charge on any atom is 0.0711 e. The zero-order valence-electron chi connectivity index (χ0n) is 40.9. The van der Waals surface area contributed by atoms with E-state index in [9.17, 15) is 0 Å². The Labute approximate surface area is 427 Å². The Kier molecular flexibility index (Phi) is 11.0. The van der Waals surface area contributed by atoms with E-state index in [0.717, 1.165) is 51.5 Å². The summed E-state index contributed by atoms with van der Waals surface area (Å²) in [5, 5.41) is 1.22. The maximum atomic E-state index is 4.91. The van der Waals surface area contributed by atoms with Crippen molar-refractivity contribution in [1.82, 2.24) is 14.5 Å².